The third-order valence-corrected chi connectivity index (χ3v) is 4.23. The maximum Gasteiger partial charge on any atom is 0.0571 e. The zero-order valence-electron chi connectivity index (χ0n) is 13.9. The van der Waals surface area contributed by atoms with E-state index in [9.17, 15) is 5.11 Å². The summed E-state index contributed by atoms with van der Waals surface area (Å²) in [6, 6.07) is 20.6. The zero-order valence-corrected chi connectivity index (χ0v) is 13.9. The van der Waals surface area contributed by atoms with Crippen molar-refractivity contribution in [1.29, 1.82) is 0 Å². The van der Waals surface area contributed by atoms with Gasteiger partial charge in [-0.3, -0.25) is 0 Å². The molecule has 0 aliphatic rings. The van der Waals surface area contributed by atoms with Crippen LogP contribution in [0.15, 0.2) is 85.0 Å². The Hall–Kier alpha value is -2.12. The van der Waals surface area contributed by atoms with Gasteiger partial charge in [0.15, 0.2) is 0 Å². The highest BCUT2D eigenvalue weighted by Gasteiger charge is 2.32. The van der Waals surface area contributed by atoms with E-state index in [2.05, 4.69) is 55.5 Å². The number of hydrogen-bond donors (Lipinski definition) is 1. The van der Waals surface area contributed by atoms with E-state index in [0.29, 0.717) is 0 Å². The number of rotatable bonds is 8. The summed E-state index contributed by atoms with van der Waals surface area (Å²) >= 11 is 0. The minimum atomic E-state index is -0.391. The van der Waals surface area contributed by atoms with E-state index < -0.39 is 5.41 Å². The van der Waals surface area contributed by atoms with Crippen LogP contribution in [0.4, 0.5) is 0 Å². The minimum Gasteiger partial charge on any atom is -0.395 e. The van der Waals surface area contributed by atoms with E-state index in [4.69, 9.17) is 0 Å². The maximum atomic E-state index is 10.3. The summed E-state index contributed by atoms with van der Waals surface area (Å²) in [6.07, 6.45) is 11.6. The van der Waals surface area contributed by atoms with Gasteiger partial charge in [0.25, 0.3) is 0 Å². The van der Waals surface area contributed by atoms with Crippen LogP contribution in [0.1, 0.15) is 37.3 Å². The van der Waals surface area contributed by atoms with Crippen molar-refractivity contribution in [2.75, 3.05) is 6.61 Å². The third-order valence-electron chi connectivity index (χ3n) is 4.23. The lowest BCUT2D eigenvalue weighted by atomic mass is 9.72. The molecule has 0 atom stereocenters. The van der Waals surface area contributed by atoms with E-state index in [1.807, 2.05) is 36.4 Å². The summed E-state index contributed by atoms with van der Waals surface area (Å²) < 4.78 is 0. The molecule has 0 saturated carbocycles. The van der Waals surface area contributed by atoms with Gasteiger partial charge in [0.2, 0.25) is 0 Å². The molecule has 120 valence electrons. The van der Waals surface area contributed by atoms with Gasteiger partial charge in [-0.15, -0.1) is 0 Å². The molecule has 1 nitrogen and oxygen atoms in total. The molecule has 23 heavy (non-hydrogen) atoms. The van der Waals surface area contributed by atoms with Gasteiger partial charge >= 0.3 is 0 Å². The predicted molar refractivity (Wildman–Crippen MR) is 98.6 cm³/mol. The molecule has 0 bridgehead atoms. The first-order chi connectivity index (χ1) is 11.3. The van der Waals surface area contributed by atoms with Crippen LogP contribution in [0.3, 0.4) is 0 Å². The summed E-state index contributed by atoms with van der Waals surface area (Å²) in [4.78, 5) is 0. The Balaban J connectivity index is 2.32. The van der Waals surface area contributed by atoms with Gasteiger partial charge in [0.05, 0.1) is 6.61 Å². The molecule has 2 aromatic rings. The van der Waals surface area contributed by atoms with Gasteiger partial charge in [-0.2, -0.15) is 0 Å². The first-order valence-electron chi connectivity index (χ1n) is 8.37. The fourth-order valence-corrected chi connectivity index (χ4v) is 2.85. The zero-order chi connectivity index (χ0) is 16.4. The van der Waals surface area contributed by atoms with E-state index in [1.165, 1.54) is 6.42 Å². The first-order valence-corrected chi connectivity index (χ1v) is 8.37. The Morgan fingerprint density at radius 1 is 0.826 bits per heavy atom. The molecule has 0 aliphatic heterocycles. The van der Waals surface area contributed by atoms with Gasteiger partial charge in [-0.05, 0) is 24.0 Å². The summed E-state index contributed by atoms with van der Waals surface area (Å²) in [5.74, 6) is 0. The van der Waals surface area contributed by atoms with Gasteiger partial charge in [-0.1, -0.05) is 98.3 Å². The van der Waals surface area contributed by atoms with Crippen LogP contribution in [0.2, 0.25) is 0 Å². The normalized spacial score (nSPS) is 12.3. The van der Waals surface area contributed by atoms with Crippen LogP contribution in [-0.2, 0) is 5.41 Å². The van der Waals surface area contributed by atoms with Crippen molar-refractivity contribution >= 4 is 0 Å². The van der Waals surface area contributed by atoms with Crippen molar-refractivity contribution in [2.45, 2.75) is 31.6 Å². The Bertz CT molecular complexity index is 571. The standard InChI is InChI=1S/C22H26O/c1-2-3-4-5-6-13-18-22(19-23,20-14-9-7-10-15-20)21-16-11-8-12-17-21/h4-17,23H,2-3,18-19H2,1H3/b5-4+,13-6+. The number of allylic oxidation sites excluding steroid dienone is 4. The summed E-state index contributed by atoms with van der Waals surface area (Å²) in [7, 11) is 0. The second-order valence-corrected chi connectivity index (χ2v) is 5.82. The van der Waals surface area contributed by atoms with Crippen LogP contribution in [-0.4, -0.2) is 11.7 Å². The third kappa shape index (κ3) is 4.43. The molecule has 2 rings (SSSR count). The van der Waals surface area contributed by atoms with Crippen LogP contribution in [0, 0.1) is 0 Å². The summed E-state index contributed by atoms with van der Waals surface area (Å²) in [6.45, 7) is 2.26. The quantitative estimate of drug-likeness (QED) is 0.659. The molecule has 0 amide bonds. The molecule has 0 heterocycles. The molecule has 1 N–H and O–H groups in total. The van der Waals surface area contributed by atoms with Crippen molar-refractivity contribution < 1.29 is 5.11 Å². The van der Waals surface area contributed by atoms with Crippen LogP contribution < -0.4 is 0 Å². The molecule has 1 heteroatoms. The molecule has 2 aromatic carbocycles. The van der Waals surface area contributed by atoms with Gasteiger partial charge < -0.3 is 5.11 Å². The molecule has 0 spiro atoms. The predicted octanol–water partition coefficient (Wildman–Crippen LogP) is 5.27. The van der Waals surface area contributed by atoms with Gasteiger partial charge in [-0.25, -0.2) is 0 Å². The lowest BCUT2D eigenvalue weighted by Crippen LogP contribution is -2.31. The van der Waals surface area contributed by atoms with Crippen molar-refractivity contribution in [2.24, 2.45) is 0 Å². The van der Waals surface area contributed by atoms with E-state index >= 15 is 0 Å². The lowest BCUT2D eigenvalue weighted by Gasteiger charge is -2.32. The number of benzene rings is 2. The molecule has 0 fully saturated rings. The second kappa shape index (κ2) is 9.12. The van der Waals surface area contributed by atoms with Crippen LogP contribution in [0.25, 0.3) is 0 Å². The largest absolute Gasteiger partial charge is 0.395 e. The SMILES string of the molecule is CCC/C=C/C=C/CC(CO)(c1ccccc1)c1ccccc1. The Kier molecular flexibility index (Phi) is 6.83. The average Bonchev–Trinajstić information content (AvgIpc) is 2.63. The van der Waals surface area contributed by atoms with E-state index in [-0.39, 0.29) is 6.61 Å². The lowest BCUT2D eigenvalue weighted by molar-refractivity contribution is 0.220. The smallest absolute Gasteiger partial charge is 0.0571 e. The molecule has 0 saturated heterocycles. The van der Waals surface area contributed by atoms with Crippen molar-refractivity contribution in [3.63, 3.8) is 0 Å². The monoisotopic (exact) mass is 306 g/mol. The van der Waals surface area contributed by atoms with E-state index in [0.717, 1.165) is 24.0 Å². The van der Waals surface area contributed by atoms with Crippen molar-refractivity contribution in [3.05, 3.63) is 96.1 Å². The molecule has 0 aliphatic carbocycles. The Labute approximate surface area is 140 Å². The molecule has 0 aromatic heterocycles. The average molecular weight is 306 g/mol. The van der Waals surface area contributed by atoms with Crippen molar-refractivity contribution in [3.8, 4) is 0 Å². The Morgan fingerprint density at radius 3 is 1.83 bits per heavy atom. The maximum absolute atomic E-state index is 10.3. The topological polar surface area (TPSA) is 20.2 Å². The molecule has 0 unspecified atom stereocenters. The fraction of sp³-hybridized carbons (Fsp3) is 0.273. The van der Waals surface area contributed by atoms with Gasteiger partial charge in [0.1, 0.15) is 0 Å². The first kappa shape index (κ1) is 17.2. The molecular weight excluding hydrogens is 280 g/mol. The second-order valence-electron chi connectivity index (χ2n) is 5.82. The highest BCUT2D eigenvalue weighted by molar-refractivity contribution is 5.40. The Morgan fingerprint density at radius 2 is 1.35 bits per heavy atom. The van der Waals surface area contributed by atoms with Crippen LogP contribution in [0.5, 0.6) is 0 Å². The number of aliphatic hydroxyl groups excluding tert-OH is 1. The van der Waals surface area contributed by atoms with Gasteiger partial charge in [0, 0.05) is 5.41 Å². The fourth-order valence-electron chi connectivity index (χ4n) is 2.85. The van der Waals surface area contributed by atoms with E-state index in [1.54, 1.807) is 0 Å². The summed E-state index contributed by atoms with van der Waals surface area (Å²) in [5, 5.41) is 10.3. The molecular formula is C22H26O. The number of aliphatic hydroxyl groups is 1. The highest BCUT2D eigenvalue weighted by Crippen LogP contribution is 2.35. The minimum absolute atomic E-state index is 0.0873. The van der Waals surface area contributed by atoms with Crippen molar-refractivity contribution in [1.82, 2.24) is 0 Å². The summed E-state index contributed by atoms with van der Waals surface area (Å²) in [5.41, 5.74) is 1.91. The number of unbranched alkanes of at least 4 members (excludes halogenated alkanes) is 1. The molecule has 0 radical (unpaired) electrons. The highest BCUT2D eigenvalue weighted by atomic mass is 16.3. The number of hydrogen-bond acceptors (Lipinski definition) is 1. The van der Waals surface area contributed by atoms with Crippen LogP contribution >= 0.6 is 0 Å².